The highest BCUT2D eigenvalue weighted by molar-refractivity contribution is 6.30. The van der Waals surface area contributed by atoms with Crippen molar-refractivity contribution in [3.63, 3.8) is 0 Å². The zero-order chi connectivity index (χ0) is 24.2. The standard InChI is InChI=1S/C27H25ClN2O4/c1-18-9-11-22(12-10-18)30-25(31)17-24(27(30)33)29(14-13-19-5-3-7-21(28)15-19)26(32)20-6-4-8-23(16-20)34-2/h3-12,15-16,24H,13-14,17H2,1-2H3. The maximum atomic E-state index is 13.6. The first-order chi connectivity index (χ1) is 16.4. The molecule has 1 saturated heterocycles. The van der Waals surface area contributed by atoms with Crippen molar-refractivity contribution in [1.29, 1.82) is 0 Å². The molecule has 0 bridgehead atoms. The molecule has 0 N–H and O–H groups in total. The number of rotatable bonds is 7. The summed E-state index contributed by atoms with van der Waals surface area (Å²) >= 11 is 6.12. The molecule has 0 aliphatic carbocycles. The van der Waals surface area contributed by atoms with E-state index in [0.29, 0.717) is 28.4 Å². The lowest BCUT2D eigenvalue weighted by atomic mass is 10.1. The Morgan fingerprint density at radius 2 is 1.79 bits per heavy atom. The zero-order valence-electron chi connectivity index (χ0n) is 19.0. The Labute approximate surface area is 203 Å². The largest absolute Gasteiger partial charge is 0.497 e. The van der Waals surface area contributed by atoms with E-state index in [-0.39, 0.29) is 24.8 Å². The van der Waals surface area contributed by atoms with Crippen molar-refractivity contribution in [2.75, 3.05) is 18.6 Å². The van der Waals surface area contributed by atoms with Gasteiger partial charge in [-0.2, -0.15) is 0 Å². The van der Waals surface area contributed by atoms with E-state index in [0.717, 1.165) is 11.1 Å². The summed E-state index contributed by atoms with van der Waals surface area (Å²) in [7, 11) is 1.53. The van der Waals surface area contributed by atoms with Crippen LogP contribution in [0.3, 0.4) is 0 Å². The molecule has 3 aromatic rings. The monoisotopic (exact) mass is 476 g/mol. The molecule has 0 radical (unpaired) electrons. The van der Waals surface area contributed by atoms with Gasteiger partial charge in [0.05, 0.1) is 19.2 Å². The van der Waals surface area contributed by atoms with Crippen LogP contribution < -0.4 is 9.64 Å². The number of anilines is 1. The van der Waals surface area contributed by atoms with Crippen molar-refractivity contribution in [3.05, 3.63) is 94.5 Å². The van der Waals surface area contributed by atoms with E-state index in [1.54, 1.807) is 42.5 Å². The van der Waals surface area contributed by atoms with E-state index in [4.69, 9.17) is 16.3 Å². The number of carbonyl (C=O) groups excluding carboxylic acids is 3. The van der Waals surface area contributed by atoms with Gasteiger partial charge in [0.25, 0.3) is 11.8 Å². The molecular formula is C27H25ClN2O4. The van der Waals surface area contributed by atoms with Gasteiger partial charge in [0.2, 0.25) is 5.91 Å². The predicted molar refractivity (Wildman–Crippen MR) is 131 cm³/mol. The Hall–Kier alpha value is -3.64. The quantitative estimate of drug-likeness (QED) is 0.464. The fraction of sp³-hybridized carbons (Fsp3) is 0.222. The summed E-state index contributed by atoms with van der Waals surface area (Å²) in [6.07, 6.45) is 0.413. The first kappa shape index (κ1) is 23.5. The summed E-state index contributed by atoms with van der Waals surface area (Å²) in [5.74, 6) is -0.533. The van der Waals surface area contributed by atoms with Crippen LogP contribution in [-0.4, -0.2) is 42.3 Å². The normalized spacial score (nSPS) is 15.5. The molecule has 0 saturated carbocycles. The molecule has 174 valence electrons. The Morgan fingerprint density at radius 1 is 1.06 bits per heavy atom. The highest BCUT2D eigenvalue weighted by Crippen LogP contribution is 2.28. The Balaban J connectivity index is 1.65. The number of imide groups is 1. The third kappa shape index (κ3) is 4.97. The second-order valence-corrected chi connectivity index (χ2v) is 8.67. The Morgan fingerprint density at radius 3 is 2.50 bits per heavy atom. The topological polar surface area (TPSA) is 66.9 Å². The summed E-state index contributed by atoms with van der Waals surface area (Å²) in [6, 6.07) is 20.4. The molecule has 1 unspecified atom stereocenters. The zero-order valence-corrected chi connectivity index (χ0v) is 19.8. The number of nitrogens with zero attached hydrogens (tertiary/aromatic N) is 2. The van der Waals surface area contributed by atoms with E-state index in [2.05, 4.69) is 0 Å². The van der Waals surface area contributed by atoms with E-state index in [1.807, 2.05) is 37.3 Å². The molecule has 4 rings (SSSR count). The van der Waals surface area contributed by atoms with Crippen LogP contribution in [-0.2, 0) is 16.0 Å². The summed E-state index contributed by atoms with van der Waals surface area (Å²) in [5, 5.41) is 0.598. The molecule has 1 aliphatic heterocycles. The first-order valence-corrected chi connectivity index (χ1v) is 11.4. The van der Waals surface area contributed by atoms with E-state index in [9.17, 15) is 14.4 Å². The lowest BCUT2D eigenvalue weighted by Gasteiger charge is -2.28. The number of benzene rings is 3. The minimum Gasteiger partial charge on any atom is -0.497 e. The fourth-order valence-electron chi connectivity index (χ4n) is 4.09. The van der Waals surface area contributed by atoms with Crippen LogP contribution in [0.4, 0.5) is 5.69 Å². The van der Waals surface area contributed by atoms with Crippen LogP contribution >= 0.6 is 11.6 Å². The van der Waals surface area contributed by atoms with Crippen LogP contribution in [0.2, 0.25) is 5.02 Å². The third-order valence-electron chi connectivity index (χ3n) is 5.90. The van der Waals surface area contributed by atoms with Crippen LogP contribution in [0, 0.1) is 6.92 Å². The van der Waals surface area contributed by atoms with Gasteiger partial charge >= 0.3 is 0 Å². The molecule has 1 fully saturated rings. The fourth-order valence-corrected chi connectivity index (χ4v) is 4.30. The third-order valence-corrected chi connectivity index (χ3v) is 6.13. The number of aryl methyl sites for hydroxylation is 1. The maximum absolute atomic E-state index is 13.6. The summed E-state index contributed by atoms with van der Waals surface area (Å²) in [4.78, 5) is 42.6. The number of hydrogen-bond acceptors (Lipinski definition) is 4. The lowest BCUT2D eigenvalue weighted by molar-refractivity contribution is -0.122. The number of hydrogen-bond donors (Lipinski definition) is 0. The minimum atomic E-state index is -0.897. The first-order valence-electron chi connectivity index (χ1n) is 11.0. The minimum absolute atomic E-state index is 0.0715. The highest BCUT2D eigenvalue weighted by atomic mass is 35.5. The van der Waals surface area contributed by atoms with Crippen LogP contribution in [0.25, 0.3) is 0 Å². The molecule has 3 aromatic carbocycles. The number of carbonyl (C=O) groups is 3. The molecular weight excluding hydrogens is 452 g/mol. The molecule has 1 atom stereocenters. The van der Waals surface area contributed by atoms with Crippen LogP contribution in [0.1, 0.15) is 27.9 Å². The SMILES string of the molecule is COc1cccc(C(=O)N(CCc2cccc(Cl)c2)C2CC(=O)N(c3ccc(C)cc3)C2=O)c1. The van der Waals surface area contributed by atoms with Gasteiger partial charge in [-0.05, 0) is 61.4 Å². The molecule has 1 aliphatic rings. The van der Waals surface area contributed by atoms with Crippen molar-refractivity contribution in [1.82, 2.24) is 4.90 Å². The van der Waals surface area contributed by atoms with Crippen LogP contribution in [0.5, 0.6) is 5.75 Å². The Bertz CT molecular complexity index is 1230. The van der Waals surface area contributed by atoms with Crippen molar-refractivity contribution in [3.8, 4) is 5.75 Å². The number of halogens is 1. The molecule has 7 heteroatoms. The van der Waals surface area contributed by atoms with Gasteiger partial charge in [-0.3, -0.25) is 14.4 Å². The van der Waals surface area contributed by atoms with Gasteiger partial charge in [-0.1, -0.05) is 47.5 Å². The lowest BCUT2D eigenvalue weighted by Crippen LogP contribution is -2.46. The second kappa shape index (κ2) is 10.1. The summed E-state index contributed by atoms with van der Waals surface area (Å²) in [5.41, 5.74) is 2.85. The van der Waals surface area contributed by atoms with Gasteiger partial charge in [-0.15, -0.1) is 0 Å². The second-order valence-electron chi connectivity index (χ2n) is 8.23. The molecule has 6 nitrogen and oxygen atoms in total. The number of ether oxygens (including phenoxy) is 1. The van der Waals surface area contributed by atoms with Crippen molar-refractivity contribution in [2.24, 2.45) is 0 Å². The summed E-state index contributed by atoms with van der Waals surface area (Å²) in [6.45, 7) is 2.19. The highest BCUT2D eigenvalue weighted by Gasteiger charge is 2.44. The van der Waals surface area contributed by atoms with Gasteiger partial charge in [0.15, 0.2) is 0 Å². The van der Waals surface area contributed by atoms with Crippen molar-refractivity contribution < 1.29 is 19.1 Å². The van der Waals surface area contributed by atoms with Gasteiger partial charge in [-0.25, -0.2) is 4.90 Å². The van der Waals surface area contributed by atoms with E-state index in [1.165, 1.54) is 16.9 Å². The van der Waals surface area contributed by atoms with Crippen molar-refractivity contribution in [2.45, 2.75) is 25.8 Å². The van der Waals surface area contributed by atoms with Crippen LogP contribution in [0.15, 0.2) is 72.8 Å². The predicted octanol–water partition coefficient (Wildman–Crippen LogP) is 4.67. The maximum Gasteiger partial charge on any atom is 0.257 e. The van der Waals surface area contributed by atoms with Gasteiger partial charge in [0, 0.05) is 17.1 Å². The summed E-state index contributed by atoms with van der Waals surface area (Å²) < 4.78 is 5.26. The van der Waals surface area contributed by atoms with Gasteiger partial charge in [0.1, 0.15) is 11.8 Å². The van der Waals surface area contributed by atoms with Gasteiger partial charge < -0.3 is 9.64 Å². The Kier molecular flexibility index (Phi) is 6.98. The smallest absolute Gasteiger partial charge is 0.257 e. The number of amides is 3. The molecule has 0 aromatic heterocycles. The number of methoxy groups -OCH3 is 1. The average molecular weight is 477 g/mol. The molecule has 1 heterocycles. The average Bonchev–Trinajstić information content (AvgIpc) is 3.13. The van der Waals surface area contributed by atoms with E-state index >= 15 is 0 Å². The molecule has 0 spiro atoms. The van der Waals surface area contributed by atoms with Crippen molar-refractivity contribution >= 4 is 35.0 Å². The molecule has 34 heavy (non-hydrogen) atoms. The molecule has 3 amide bonds. The van der Waals surface area contributed by atoms with E-state index < -0.39 is 11.9 Å².